The van der Waals surface area contributed by atoms with Gasteiger partial charge in [0.1, 0.15) is 11.6 Å². The van der Waals surface area contributed by atoms with E-state index in [9.17, 15) is 22.8 Å². The molecule has 0 unspecified atom stereocenters. The summed E-state index contributed by atoms with van der Waals surface area (Å²) in [6.07, 6.45) is 1.28. The highest BCUT2D eigenvalue weighted by Gasteiger charge is 2.27. The van der Waals surface area contributed by atoms with Crippen molar-refractivity contribution in [2.75, 3.05) is 5.32 Å². The van der Waals surface area contributed by atoms with Gasteiger partial charge >= 0.3 is 5.57 Å². The van der Waals surface area contributed by atoms with Gasteiger partial charge in [0.25, 0.3) is 11.5 Å². The van der Waals surface area contributed by atoms with Crippen molar-refractivity contribution in [1.82, 2.24) is 4.57 Å². The van der Waals surface area contributed by atoms with Crippen LogP contribution in [0.1, 0.15) is 10.4 Å². The monoisotopic (exact) mass is 408 g/mol. The first-order chi connectivity index (χ1) is 13.2. The summed E-state index contributed by atoms with van der Waals surface area (Å²) in [7, 11) is 0. The molecule has 0 spiro atoms. The maximum absolute atomic E-state index is 13.4. The number of pyridine rings is 1. The van der Waals surface area contributed by atoms with Gasteiger partial charge in [-0.3, -0.25) is 14.2 Å². The zero-order valence-electron chi connectivity index (χ0n) is 14.0. The number of aromatic nitrogens is 1. The third kappa shape index (κ3) is 4.92. The normalized spacial score (nSPS) is 11.1. The molecule has 0 saturated carbocycles. The maximum atomic E-state index is 13.4. The highest BCUT2D eigenvalue weighted by atomic mass is 35.5. The summed E-state index contributed by atoms with van der Waals surface area (Å²) in [6, 6.07) is 13.0. The fourth-order valence-electron chi connectivity index (χ4n) is 2.39. The first kappa shape index (κ1) is 19.5. The van der Waals surface area contributed by atoms with Crippen LogP contribution in [0.4, 0.5) is 18.9 Å². The van der Waals surface area contributed by atoms with E-state index in [1.54, 1.807) is 0 Å². The number of anilines is 1. The van der Waals surface area contributed by atoms with Gasteiger partial charge in [0.15, 0.2) is 0 Å². The number of rotatable bonds is 5. The molecular weight excluding hydrogens is 397 g/mol. The molecule has 2 aromatic carbocycles. The third-order valence-corrected chi connectivity index (χ3v) is 3.68. The molecule has 1 aromatic heterocycles. The van der Waals surface area contributed by atoms with Crippen molar-refractivity contribution >= 4 is 23.2 Å². The van der Waals surface area contributed by atoms with Crippen LogP contribution in [-0.4, -0.2) is 16.0 Å². The number of halogens is 4. The van der Waals surface area contributed by atoms with Gasteiger partial charge in [-0.2, -0.15) is 0 Å². The molecule has 3 aromatic rings. The Hall–Kier alpha value is -3.26. The summed E-state index contributed by atoms with van der Waals surface area (Å²) in [5.74, 6) is -1.26. The van der Waals surface area contributed by atoms with E-state index < -0.39 is 22.9 Å². The lowest BCUT2D eigenvalue weighted by Crippen LogP contribution is -2.21. The van der Waals surface area contributed by atoms with Crippen LogP contribution < -0.4 is 15.6 Å². The zero-order chi connectivity index (χ0) is 20.3. The van der Waals surface area contributed by atoms with Crippen molar-refractivity contribution in [3.8, 4) is 11.4 Å². The van der Waals surface area contributed by atoms with Crippen molar-refractivity contribution in [3.05, 3.63) is 88.6 Å². The van der Waals surface area contributed by atoms with Gasteiger partial charge in [-0.1, -0.05) is 6.07 Å². The number of alkyl halides is 3. The van der Waals surface area contributed by atoms with Crippen molar-refractivity contribution in [2.45, 2.75) is 5.57 Å². The van der Waals surface area contributed by atoms with E-state index in [1.807, 2.05) is 0 Å². The molecule has 1 heterocycles. The van der Waals surface area contributed by atoms with Crippen molar-refractivity contribution in [2.24, 2.45) is 0 Å². The minimum Gasteiger partial charge on any atom is -0.420 e. The summed E-state index contributed by atoms with van der Waals surface area (Å²) in [5.41, 5.74) is -3.57. The highest BCUT2D eigenvalue weighted by molar-refractivity contribution is 6.20. The Morgan fingerprint density at radius 3 is 2.43 bits per heavy atom. The van der Waals surface area contributed by atoms with Gasteiger partial charge in [-0.15, -0.1) is 8.78 Å². The van der Waals surface area contributed by atoms with Crippen LogP contribution in [-0.2, 0) is 0 Å². The smallest absolute Gasteiger partial charge is 0.420 e. The van der Waals surface area contributed by atoms with Crippen LogP contribution in [0.15, 0.2) is 71.7 Å². The number of ether oxygens (including phenoxy) is 1. The van der Waals surface area contributed by atoms with Crippen LogP contribution >= 0.6 is 11.6 Å². The van der Waals surface area contributed by atoms with Gasteiger partial charge in [0.2, 0.25) is 0 Å². The van der Waals surface area contributed by atoms with Crippen LogP contribution in [0.3, 0.4) is 0 Å². The molecule has 1 amide bonds. The minimum absolute atomic E-state index is 0.136. The number of benzene rings is 2. The minimum atomic E-state index is -3.84. The molecule has 0 saturated heterocycles. The molecular formula is C19H12ClF3N2O3. The fraction of sp³-hybridized carbons (Fsp3) is 0.0526. The number of amides is 1. The zero-order valence-corrected chi connectivity index (χ0v) is 14.8. The number of nitrogens with zero attached hydrogens (tertiary/aromatic N) is 1. The Balaban J connectivity index is 1.80. The summed E-state index contributed by atoms with van der Waals surface area (Å²) < 4.78 is 43.9. The predicted octanol–water partition coefficient (Wildman–Crippen LogP) is 4.40. The molecule has 28 heavy (non-hydrogen) atoms. The highest BCUT2D eigenvalue weighted by Crippen LogP contribution is 2.26. The SMILES string of the molecule is O=C(Nc1ccc(OC(F)(F)Cl)cc1)c1ccc(=O)n(-c2cccc(F)c2)c1. The summed E-state index contributed by atoms with van der Waals surface area (Å²) in [4.78, 5) is 24.5. The second-order valence-corrected chi connectivity index (χ2v) is 6.07. The maximum Gasteiger partial charge on any atom is 0.487 e. The molecule has 3 rings (SSSR count). The average Bonchev–Trinajstić information content (AvgIpc) is 2.62. The fourth-order valence-corrected chi connectivity index (χ4v) is 2.48. The largest absolute Gasteiger partial charge is 0.487 e. The van der Waals surface area contributed by atoms with Gasteiger partial charge < -0.3 is 10.1 Å². The molecule has 0 aliphatic heterocycles. The summed E-state index contributed by atoms with van der Waals surface area (Å²) in [6.45, 7) is 0. The molecule has 0 aliphatic rings. The second kappa shape index (κ2) is 7.77. The van der Waals surface area contributed by atoms with E-state index in [-0.39, 0.29) is 17.0 Å². The molecule has 0 fully saturated rings. The third-order valence-electron chi connectivity index (χ3n) is 3.61. The van der Waals surface area contributed by atoms with Crippen molar-refractivity contribution in [3.63, 3.8) is 0 Å². The lowest BCUT2D eigenvalue weighted by Gasteiger charge is -2.12. The molecule has 9 heteroatoms. The first-order valence-corrected chi connectivity index (χ1v) is 8.25. The molecule has 144 valence electrons. The van der Waals surface area contributed by atoms with Gasteiger partial charge in [-0.25, -0.2) is 4.39 Å². The molecule has 0 radical (unpaired) electrons. The molecule has 1 N–H and O–H groups in total. The van der Waals surface area contributed by atoms with E-state index in [4.69, 9.17) is 0 Å². The summed E-state index contributed by atoms with van der Waals surface area (Å²) >= 11 is 4.68. The van der Waals surface area contributed by atoms with Crippen LogP contribution in [0.25, 0.3) is 5.69 Å². The van der Waals surface area contributed by atoms with Crippen LogP contribution in [0.5, 0.6) is 5.75 Å². The van der Waals surface area contributed by atoms with E-state index in [0.717, 1.165) is 10.6 Å². The summed E-state index contributed by atoms with van der Waals surface area (Å²) in [5, 5.41) is 2.55. The Morgan fingerprint density at radius 1 is 1.07 bits per heavy atom. The van der Waals surface area contributed by atoms with Gasteiger partial charge in [-0.05, 0) is 48.5 Å². The van der Waals surface area contributed by atoms with E-state index >= 15 is 0 Å². The van der Waals surface area contributed by atoms with Crippen LogP contribution in [0, 0.1) is 5.82 Å². The topological polar surface area (TPSA) is 60.3 Å². The Labute approximate surface area is 161 Å². The molecule has 0 bridgehead atoms. The second-order valence-electron chi connectivity index (χ2n) is 5.63. The van der Waals surface area contributed by atoms with E-state index in [2.05, 4.69) is 21.7 Å². The number of carbonyl (C=O) groups is 1. The van der Waals surface area contributed by atoms with E-state index in [0.29, 0.717) is 5.69 Å². The lowest BCUT2D eigenvalue weighted by molar-refractivity contribution is -0.0964. The lowest BCUT2D eigenvalue weighted by atomic mass is 10.2. The van der Waals surface area contributed by atoms with Gasteiger partial charge in [0.05, 0.1) is 11.3 Å². The molecule has 0 aliphatic carbocycles. The number of hydrogen-bond donors (Lipinski definition) is 1. The quantitative estimate of drug-likeness (QED) is 0.637. The van der Waals surface area contributed by atoms with Gasteiger partial charge in [0, 0.05) is 29.6 Å². The standard InChI is InChI=1S/C19H12ClF3N2O3/c20-19(22,23)28-16-7-5-14(6-8-16)24-18(27)12-4-9-17(26)25(11-12)15-3-1-2-13(21)10-15/h1-11H,(H,24,27). The molecule has 5 nitrogen and oxygen atoms in total. The Bertz CT molecular complexity index is 1060. The van der Waals surface area contributed by atoms with Crippen molar-refractivity contribution in [1.29, 1.82) is 0 Å². The number of hydrogen-bond acceptors (Lipinski definition) is 3. The average molecular weight is 409 g/mol. The predicted molar refractivity (Wildman–Crippen MR) is 97.8 cm³/mol. The Morgan fingerprint density at radius 2 is 1.79 bits per heavy atom. The number of carbonyl (C=O) groups excluding carboxylic acids is 1. The first-order valence-electron chi connectivity index (χ1n) is 7.87. The van der Waals surface area contributed by atoms with E-state index in [1.165, 1.54) is 60.8 Å². The van der Waals surface area contributed by atoms with Crippen molar-refractivity contribution < 1.29 is 22.7 Å². The Kier molecular flexibility index (Phi) is 5.41. The molecule has 0 atom stereocenters. The van der Waals surface area contributed by atoms with Crippen LogP contribution in [0.2, 0.25) is 0 Å². The number of nitrogens with one attached hydrogen (secondary N) is 1.